The molecule has 2 aromatic carbocycles. The SMILES string of the molecule is C#CCOC(=O)CC1c2cc(-c3ccc(N)cc3)ccc2OC(=N)C1C(=O)O. The van der Waals surface area contributed by atoms with Gasteiger partial charge in [-0.3, -0.25) is 15.0 Å². The summed E-state index contributed by atoms with van der Waals surface area (Å²) in [4.78, 5) is 23.9. The lowest BCUT2D eigenvalue weighted by Crippen LogP contribution is -2.38. The fraction of sp³-hybridized carbons (Fsp3) is 0.190. The first-order chi connectivity index (χ1) is 13.4. The summed E-state index contributed by atoms with van der Waals surface area (Å²) in [5, 5.41) is 17.6. The average molecular weight is 378 g/mol. The van der Waals surface area contributed by atoms with E-state index in [0.29, 0.717) is 17.0 Å². The molecule has 2 aromatic rings. The molecule has 0 aromatic heterocycles. The molecule has 1 aliphatic heterocycles. The van der Waals surface area contributed by atoms with Gasteiger partial charge in [0, 0.05) is 17.2 Å². The number of rotatable bonds is 5. The molecule has 0 saturated heterocycles. The Kier molecular flexibility index (Phi) is 5.32. The molecule has 3 rings (SSSR count). The Bertz CT molecular complexity index is 975. The first-order valence-corrected chi connectivity index (χ1v) is 8.48. The highest BCUT2D eigenvalue weighted by Gasteiger charge is 2.42. The van der Waals surface area contributed by atoms with Crippen LogP contribution < -0.4 is 10.5 Å². The number of carbonyl (C=O) groups excluding carboxylic acids is 1. The van der Waals surface area contributed by atoms with Crippen molar-refractivity contribution in [2.45, 2.75) is 12.3 Å². The summed E-state index contributed by atoms with van der Waals surface area (Å²) in [7, 11) is 0. The fourth-order valence-electron chi connectivity index (χ4n) is 3.20. The van der Waals surface area contributed by atoms with Crippen LogP contribution in [0.25, 0.3) is 11.1 Å². The number of carboxylic acid groups (broad SMARTS) is 1. The molecule has 1 aliphatic rings. The second kappa shape index (κ2) is 7.84. The topological polar surface area (TPSA) is 123 Å². The highest BCUT2D eigenvalue weighted by molar-refractivity contribution is 5.99. The van der Waals surface area contributed by atoms with Gasteiger partial charge in [0.1, 0.15) is 11.7 Å². The zero-order valence-corrected chi connectivity index (χ0v) is 14.8. The number of hydrogen-bond acceptors (Lipinski definition) is 6. The average Bonchev–Trinajstić information content (AvgIpc) is 2.66. The van der Waals surface area contributed by atoms with Crippen LogP contribution in [-0.4, -0.2) is 29.5 Å². The van der Waals surface area contributed by atoms with E-state index in [0.717, 1.165) is 11.1 Å². The molecule has 2 unspecified atom stereocenters. The summed E-state index contributed by atoms with van der Waals surface area (Å²) >= 11 is 0. The summed E-state index contributed by atoms with van der Waals surface area (Å²) in [5.41, 5.74) is 8.55. The number of anilines is 1. The number of hydrogen-bond donors (Lipinski definition) is 3. The largest absolute Gasteiger partial charge is 0.481 e. The van der Waals surface area contributed by atoms with Crippen LogP contribution in [0.2, 0.25) is 0 Å². The second-order valence-electron chi connectivity index (χ2n) is 6.33. The van der Waals surface area contributed by atoms with Crippen molar-refractivity contribution >= 4 is 23.5 Å². The molecular formula is C21H18N2O5. The molecule has 28 heavy (non-hydrogen) atoms. The monoisotopic (exact) mass is 378 g/mol. The normalized spacial score (nSPS) is 17.8. The number of nitrogens with two attached hydrogens (primary N) is 1. The third-order valence-electron chi connectivity index (χ3n) is 4.53. The first-order valence-electron chi connectivity index (χ1n) is 8.48. The van der Waals surface area contributed by atoms with Crippen molar-refractivity contribution in [3.63, 3.8) is 0 Å². The second-order valence-corrected chi connectivity index (χ2v) is 6.33. The molecule has 7 nitrogen and oxygen atoms in total. The summed E-state index contributed by atoms with van der Waals surface area (Å²) in [5.74, 6) is -1.87. The quantitative estimate of drug-likeness (QED) is 0.418. The summed E-state index contributed by atoms with van der Waals surface area (Å²) in [6, 6.07) is 12.4. The van der Waals surface area contributed by atoms with Crippen molar-refractivity contribution in [2.75, 3.05) is 12.3 Å². The number of carbonyl (C=O) groups is 2. The molecular weight excluding hydrogens is 360 g/mol. The Morgan fingerprint density at radius 3 is 2.54 bits per heavy atom. The Morgan fingerprint density at radius 2 is 1.89 bits per heavy atom. The van der Waals surface area contributed by atoms with Crippen LogP contribution in [-0.2, 0) is 14.3 Å². The van der Waals surface area contributed by atoms with E-state index in [1.54, 1.807) is 30.3 Å². The fourth-order valence-corrected chi connectivity index (χ4v) is 3.20. The maximum Gasteiger partial charge on any atom is 0.316 e. The molecule has 0 fully saturated rings. The van der Waals surface area contributed by atoms with Gasteiger partial charge in [0.2, 0.25) is 5.90 Å². The molecule has 0 spiro atoms. The summed E-state index contributed by atoms with van der Waals surface area (Å²) in [6.07, 6.45) is 4.86. The van der Waals surface area contributed by atoms with E-state index < -0.39 is 29.7 Å². The van der Waals surface area contributed by atoms with Gasteiger partial charge < -0.3 is 20.3 Å². The predicted octanol–water partition coefficient (Wildman–Crippen LogP) is 2.66. The van der Waals surface area contributed by atoms with E-state index in [-0.39, 0.29) is 13.0 Å². The van der Waals surface area contributed by atoms with Gasteiger partial charge in [-0.25, -0.2) is 0 Å². The molecule has 1 heterocycles. The highest BCUT2D eigenvalue weighted by atomic mass is 16.5. The van der Waals surface area contributed by atoms with Crippen molar-refractivity contribution in [1.82, 2.24) is 0 Å². The van der Waals surface area contributed by atoms with Gasteiger partial charge in [0.05, 0.1) is 6.42 Å². The van der Waals surface area contributed by atoms with Crippen molar-refractivity contribution < 1.29 is 24.2 Å². The number of terminal acetylenes is 1. The first kappa shape index (κ1) is 19.0. The van der Waals surface area contributed by atoms with Crippen LogP contribution in [0.4, 0.5) is 5.69 Å². The van der Waals surface area contributed by atoms with Crippen molar-refractivity contribution in [1.29, 1.82) is 5.41 Å². The van der Waals surface area contributed by atoms with Crippen LogP contribution in [0.3, 0.4) is 0 Å². The van der Waals surface area contributed by atoms with Crippen LogP contribution in [0.15, 0.2) is 42.5 Å². The minimum atomic E-state index is -1.30. The van der Waals surface area contributed by atoms with Crippen LogP contribution >= 0.6 is 0 Å². The maximum atomic E-state index is 12.1. The lowest BCUT2D eigenvalue weighted by molar-refractivity contribution is -0.144. The lowest BCUT2D eigenvalue weighted by Gasteiger charge is -2.31. The minimum absolute atomic E-state index is 0.199. The van der Waals surface area contributed by atoms with Crippen molar-refractivity contribution in [3.05, 3.63) is 48.0 Å². The maximum absolute atomic E-state index is 12.1. The van der Waals surface area contributed by atoms with Crippen molar-refractivity contribution in [3.8, 4) is 29.2 Å². The highest BCUT2D eigenvalue weighted by Crippen LogP contribution is 2.42. The zero-order valence-electron chi connectivity index (χ0n) is 14.8. The molecule has 0 saturated carbocycles. The Balaban J connectivity index is 2.03. The number of esters is 1. The number of benzene rings is 2. The number of fused-ring (bicyclic) bond motifs is 1. The van der Waals surface area contributed by atoms with Gasteiger partial charge in [-0.2, -0.15) is 0 Å². The standard InChI is InChI=1S/C21H18N2O5/c1-2-9-27-18(24)11-16-15-10-13(12-3-6-14(22)7-4-12)5-8-17(15)28-20(23)19(16)21(25)26/h1,3-8,10,16,19,23H,9,11,22H2,(H,25,26). The minimum Gasteiger partial charge on any atom is -0.481 e. The van der Waals surface area contributed by atoms with E-state index in [4.69, 9.17) is 27.0 Å². The third kappa shape index (κ3) is 3.81. The molecule has 0 aliphatic carbocycles. The van der Waals surface area contributed by atoms with Crippen LogP contribution in [0.1, 0.15) is 17.9 Å². The number of carboxylic acids is 1. The Hall–Kier alpha value is -3.79. The van der Waals surface area contributed by atoms with E-state index >= 15 is 0 Å². The number of aliphatic carboxylic acids is 1. The van der Waals surface area contributed by atoms with E-state index in [9.17, 15) is 14.7 Å². The van der Waals surface area contributed by atoms with Crippen LogP contribution in [0, 0.1) is 23.7 Å². The summed E-state index contributed by atoms with van der Waals surface area (Å²) < 4.78 is 10.3. The van der Waals surface area contributed by atoms with Crippen LogP contribution in [0.5, 0.6) is 5.75 Å². The van der Waals surface area contributed by atoms with Gasteiger partial charge in [0.25, 0.3) is 0 Å². The zero-order chi connectivity index (χ0) is 20.3. The van der Waals surface area contributed by atoms with Gasteiger partial charge >= 0.3 is 11.9 Å². The molecule has 0 amide bonds. The van der Waals surface area contributed by atoms with E-state index in [2.05, 4.69) is 5.92 Å². The van der Waals surface area contributed by atoms with Crippen molar-refractivity contribution in [2.24, 2.45) is 5.92 Å². The number of ether oxygens (including phenoxy) is 2. The Morgan fingerprint density at radius 1 is 1.21 bits per heavy atom. The van der Waals surface area contributed by atoms with E-state index in [1.807, 2.05) is 12.1 Å². The predicted molar refractivity (Wildman–Crippen MR) is 103 cm³/mol. The van der Waals surface area contributed by atoms with Gasteiger partial charge in [-0.15, -0.1) is 6.42 Å². The molecule has 142 valence electrons. The molecule has 4 N–H and O–H groups in total. The Labute approximate surface area is 161 Å². The lowest BCUT2D eigenvalue weighted by atomic mass is 9.80. The molecule has 7 heteroatoms. The van der Waals surface area contributed by atoms with Gasteiger partial charge in [-0.05, 0) is 35.4 Å². The number of nitrogen functional groups attached to an aromatic ring is 1. The number of nitrogens with one attached hydrogen (secondary N) is 1. The van der Waals surface area contributed by atoms with E-state index in [1.165, 1.54) is 0 Å². The molecule has 0 radical (unpaired) electrons. The smallest absolute Gasteiger partial charge is 0.316 e. The third-order valence-corrected chi connectivity index (χ3v) is 4.53. The van der Waals surface area contributed by atoms with Gasteiger partial charge in [-0.1, -0.05) is 24.1 Å². The van der Waals surface area contributed by atoms with Gasteiger partial charge in [0.15, 0.2) is 6.61 Å². The molecule has 2 atom stereocenters. The molecule has 0 bridgehead atoms. The summed E-state index contributed by atoms with van der Waals surface area (Å²) in [6.45, 7) is -0.199.